The topological polar surface area (TPSA) is 9.23 Å². The van der Waals surface area contributed by atoms with E-state index in [0.717, 1.165) is 21.3 Å². The summed E-state index contributed by atoms with van der Waals surface area (Å²) in [6.07, 6.45) is 10.0. The van der Waals surface area contributed by atoms with E-state index in [-0.39, 0.29) is 0 Å². The third kappa shape index (κ3) is 4.55. The van der Waals surface area contributed by atoms with Crippen LogP contribution in [0.3, 0.4) is 0 Å². The van der Waals surface area contributed by atoms with Gasteiger partial charge in [-0.1, -0.05) is 0 Å². The van der Waals surface area contributed by atoms with Gasteiger partial charge in [0, 0.05) is 0 Å². The Morgan fingerprint density at radius 2 is 1.34 bits per heavy atom. The van der Waals surface area contributed by atoms with Crippen molar-refractivity contribution in [1.82, 2.24) is 0 Å². The molecule has 1 aromatic carbocycles. The summed E-state index contributed by atoms with van der Waals surface area (Å²) in [7, 11) is 0.326. The molecule has 3 rings (SSSR count). The minimum absolute atomic E-state index is 0.795. The average Bonchev–Trinajstić information content (AvgIpc) is 3.32. The van der Waals surface area contributed by atoms with Gasteiger partial charge in [-0.25, -0.2) is 0 Å². The summed E-state index contributed by atoms with van der Waals surface area (Å²) in [5.41, 5.74) is 4.33. The van der Waals surface area contributed by atoms with Crippen LogP contribution in [0.5, 0.6) is 0 Å². The molecule has 2 aliphatic rings. The van der Waals surface area contributed by atoms with Gasteiger partial charge in [0.05, 0.1) is 0 Å². The van der Waals surface area contributed by atoms with E-state index >= 15 is 0 Å². The molecule has 0 spiro atoms. The SMILES string of the molecule is CCC[CH2][Sn]([CH2]CCC)([CH2]CCC)[CH]1C2CC(c3ccccc32)C1[Si](C)(C)OC. The summed E-state index contributed by atoms with van der Waals surface area (Å²) >= 11 is -2.35. The van der Waals surface area contributed by atoms with Crippen LogP contribution in [0, 0.1) is 0 Å². The molecule has 0 N–H and O–H groups in total. The zero-order chi connectivity index (χ0) is 21.1. The quantitative estimate of drug-likeness (QED) is 0.250. The van der Waals surface area contributed by atoms with Gasteiger partial charge in [-0.3, -0.25) is 0 Å². The average molecular weight is 521 g/mol. The molecule has 1 aromatic rings. The summed E-state index contributed by atoms with van der Waals surface area (Å²) < 4.78 is 12.4. The Hall–Kier alpha value is 0.196. The van der Waals surface area contributed by atoms with Gasteiger partial charge in [0.1, 0.15) is 0 Å². The zero-order valence-electron chi connectivity index (χ0n) is 20.1. The molecular weight excluding hydrogens is 475 g/mol. The summed E-state index contributed by atoms with van der Waals surface area (Å²) in [5.74, 6) is 1.66. The van der Waals surface area contributed by atoms with Crippen LogP contribution < -0.4 is 0 Å². The number of benzene rings is 1. The molecule has 1 fully saturated rings. The van der Waals surface area contributed by atoms with Gasteiger partial charge in [0.25, 0.3) is 0 Å². The van der Waals surface area contributed by atoms with Crippen LogP contribution in [0.4, 0.5) is 0 Å². The van der Waals surface area contributed by atoms with Crippen molar-refractivity contribution in [2.45, 2.75) is 113 Å². The van der Waals surface area contributed by atoms with E-state index < -0.39 is 26.7 Å². The summed E-state index contributed by atoms with van der Waals surface area (Å²) in [5, 5.41) is 0. The fourth-order valence-electron chi connectivity index (χ4n) is 7.22. The first-order chi connectivity index (χ1) is 14.0. The van der Waals surface area contributed by atoms with Crippen molar-refractivity contribution in [3.63, 3.8) is 0 Å². The molecule has 1 saturated carbocycles. The molecular formula is C26H46OSiSn. The maximum atomic E-state index is 6.40. The predicted octanol–water partition coefficient (Wildman–Crippen LogP) is 8.71. The van der Waals surface area contributed by atoms with Gasteiger partial charge in [-0.15, -0.1) is 0 Å². The number of rotatable bonds is 12. The normalized spacial score (nSPS) is 26.1. The van der Waals surface area contributed by atoms with Crippen molar-refractivity contribution in [2.24, 2.45) is 0 Å². The number of hydrogen-bond donors (Lipinski definition) is 0. The molecule has 4 unspecified atom stereocenters. The van der Waals surface area contributed by atoms with Crippen molar-refractivity contribution < 1.29 is 4.43 Å². The van der Waals surface area contributed by atoms with E-state index in [1.807, 2.05) is 7.11 Å². The molecule has 164 valence electrons. The molecule has 3 heteroatoms. The fourth-order valence-corrected chi connectivity index (χ4v) is 35.9. The third-order valence-corrected chi connectivity index (χ3v) is 30.8. The standard InChI is InChI=1S/C14H19OSi.3C4H9.Sn/c1-15-16(2,3)14-9-10-8-13(14)12-7-5-4-6-11(10)12;3*1-3-4-2;/h4-7,9-10,13-14H,8H2,1-3H3;3*1,3-4H2,2H3;. The first-order valence-corrected chi connectivity index (χ1v) is 23.3. The van der Waals surface area contributed by atoms with Gasteiger partial charge < -0.3 is 0 Å². The van der Waals surface area contributed by atoms with Crippen LogP contribution in [0.2, 0.25) is 35.9 Å². The van der Waals surface area contributed by atoms with Crippen LogP contribution in [-0.4, -0.2) is 33.8 Å². The van der Waals surface area contributed by atoms with E-state index in [1.54, 1.807) is 24.4 Å². The Balaban J connectivity index is 2.09. The van der Waals surface area contributed by atoms with Gasteiger partial charge >= 0.3 is 187 Å². The Labute approximate surface area is 186 Å². The van der Waals surface area contributed by atoms with E-state index in [2.05, 4.69) is 58.1 Å². The molecule has 2 bridgehead atoms. The fraction of sp³-hybridized carbons (Fsp3) is 0.769. The second-order valence-corrected chi connectivity index (χ2v) is 28.9. The maximum absolute atomic E-state index is 6.40. The van der Waals surface area contributed by atoms with Crippen LogP contribution in [0.25, 0.3) is 0 Å². The Morgan fingerprint density at radius 1 is 0.862 bits per heavy atom. The second kappa shape index (κ2) is 10.2. The molecule has 0 saturated heterocycles. The third-order valence-electron chi connectivity index (χ3n) is 8.68. The first-order valence-electron chi connectivity index (χ1n) is 12.6. The summed E-state index contributed by atoms with van der Waals surface area (Å²) in [6.45, 7) is 12.3. The Bertz CT molecular complexity index is 636. The molecule has 4 atom stereocenters. The van der Waals surface area contributed by atoms with E-state index in [4.69, 9.17) is 4.43 Å². The van der Waals surface area contributed by atoms with Crippen molar-refractivity contribution in [1.29, 1.82) is 0 Å². The first kappa shape index (κ1) is 23.9. The number of hydrogen-bond acceptors (Lipinski definition) is 1. The molecule has 0 aromatic heterocycles. The molecule has 0 amide bonds. The number of fused-ring (bicyclic) bond motifs is 5. The van der Waals surface area contributed by atoms with Crippen LogP contribution in [0.15, 0.2) is 24.3 Å². The van der Waals surface area contributed by atoms with Crippen LogP contribution >= 0.6 is 0 Å². The molecule has 29 heavy (non-hydrogen) atoms. The van der Waals surface area contributed by atoms with E-state index in [0.29, 0.717) is 0 Å². The molecule has 2 aliphatic carbocycles. The zero-order valence-corrected chi connectivity index (χ0v) is 24.0. The summed E-state index contributed by atoms with van der Waals surface area (Å²) in [4.78, 5) is 0. The van der Waals surface area contributed by atoms with Gasteiger partial charge in [0.15, 0.2) is 0 Å². The summed E-state index contributed by atoms with van der Waals surface area (Å²) in [6, 6.07) is 9.56. The number of unbranched alkanes of at least 4 members (excludes halogenated alkanes) is 3. The van der Waals surface area contributed by atoms with Crippen molar-refractivity contribution in [3.05, 3.63) is 35.4 Å². The van der Waals surface area contributed by atoms with Gasteiger partial charge in [-0.2, -0.15) is 0 Å². The molecule has 0 radical (unpaired) electrons. The molecule has 0 heterocycles. The second-order valence-electron chi connectivity index (χ2n) is 10.6. The van der Waals surface area contributed by atoms with Gasteiger partial charge in [0.2, 0.25) is 0 Å². The van der Waals surface area contributed by atoms with E-state index in [9.17, 15) is 0 Å². The monoisotopic (exact) mass is 522 g/mol. The predicted molar refractivity (Wildman–Crippen MR) is 133 cm³/mol. The van der Waals surface area contributed by atoms with Gasteiger partial charge in [-0.05, 0) is 0 Å². The Morgan fingerprint density at radius 3 is 1.79 bits per heavy atom. The van der Waals surface area contributed by atoms with Crippen molar-refractivity contribution in [2.75, 3.05) is 7.11 Å². The molecule has 1 nitrogen and oxygen atoms in total. The molecule has 0 aliphatic heterocycles. The Kier molecular flexibility index (Phi) is 8.40. The minimum atomic E-state index is -2.35. The van der Waals surface area contributed by atoms with Crippen LogP contribution in [0.1, 0.15) is 88.7 Å². The van der Waals surface area contributed by atoms with Crippen molar-refractivity contribution in [3.8, 4) is 0 Å². The van der Waals surface area contributed by atoms with Crippen molar-refractivity contribution >= 4 is 26.7 Å². The van der Waals surface area contributed by atoms with E-state index in [1.165, 1.54) is 44.9 Å². The van der Waals surface area contributed by atoms with Crippen LogP contribution in [-0.2, 0) is 4.43 Å².